The van der Waals surface area contributed by atoms with Crippen molar-refractivity contribution in [2.24, 2.45) is 0 Å². The number of carbonyl (C=O) groups is 1. The molecule has 0 heterocycles. The van der Waals surface area contributed by atoms with Crippen LogP contribution in [-0.4, -0.2) is 5.91 Å². The number of amides is 1. The maximum Gasteiger partial charge on any atom is 0.224 e. The van der Waals surface area contributed by atoms with E-state index >= 15 is 0 Å². The summed E-state index contributed by atoms with van der Waals surface area (Å²) in [6.45, 7) is 2.24. The average molecular weight is 419 g/mol. The fourth-order valence-corrected chi connectivity index (χ4v) is 3.37. The van der Waals surface area contributed by atoms with Gasteiger partial charge in [0.2, 0.25) is 5.91 Å². The second-order valence-corrected chi connectivity index (χ2v) is 7.17. The molecular weight excluding hydrogens is 394 g/mol. The summed E-state index contributed by atoms with van der Waals surface area (Å²) in [5.74, 6) is 0.101. The van der Waals surface area contributed by atoms with E-state index < -0.39 is 0 Å². The number of hydrogen-bond donors (Lipinski definition) is 1. The molecule has 1 amide bonds. The molecule has 1 aromatic carbocycles. The number of hydrogen-bond acceptors (Lipinski definition) is 1. The Hall–Kier alpha value is -0.350. The Morgan fingerprint density at radius 1 is 1.00 bits per heavy atom. The Kier molecular flexibility index (Phi) is 10.0. The molecule has 2 nitrogen and oxygen atoms in total. The number of halogens is 2. The van der Waals surface area contributed by atoms with Crippen molar-refractivity contribution in [3.63, 3.8) is 0 Å². The second kappa shape index (κ2) is 11.2. The van der Waals surface area contributed by atoms with Crippen LogP contribution in [-0.2, 0) is 4.79 Å². The van der Waals surface area contributed by atoms with E-state index in [-0.39, 0.29) is 5.91 Å². The van der Waals surface area contributed by atoms with E-state index in [1.54, 1.807) is 0 Å². The van der Waals surface area contributed by atoms with Crippen LogP contribution in [0.5, 0.6) is 0 Å². The van der Waals surface area contributed by atoms with E-state index in [1.807, 2.05) is 18.2 Å². The summed E-state index contributed by atoms with van der Waals surface area (Å²) in [5, 5.41) is 2.95. The van der Waals surface area contributed by atoms with Crippen LogP contribution >= 0.6 is 31.9 Å². The Balaban J connectivity index is 2.11. The van der Waals surface area contributed by atoms with Crippen molar-refractivity contribution in [2.75, 3.05) is 5.32 Å². The first kappa shape index (κ1) is 18.7. The highest BCUT2D eigenvalue weighted by Crippen LogP contribution is 2.26. The summed E-state index contributed by atoms with van der Waals surface area (Å²) >= 11 is 6.86. The monoisotopic (exact) mass is 417 g/mol. The first-order valence-corrected chi connectivity index (χ1v) is 9.47. The van der Waals surface area contributed by atoms with E-state index in [4.69, 9.17) is 0 Å². The lowest BCUT2D eigenvalue weighted by Gasteiger charge is -2.07. The van der Waals surface area contributed by atoms with E-state index in [0.717, 1.165) is 27.5 Å². The van der Waals surface area contributed by atoms with E-state index in [2.05, 4.69) is 44.1 Å². The van der Waals surface area contributed by atoms with Gasteiger partial charge in [-0.1, -0.05) is 67.8 Å². The molecule has 1 rings (SSSR count). The fraction of sp³-hybridized carbons (Fsp3) is 0.588. The van der Waals surface area contributed by atoms with Gasteiger partial charge in [0.1, 0.15) is 0 Å². The van der Waals surface area contributed by atoms with Gasteiger partial charge in [0.25, 0.3) is 0 Å². The minimum atomic E-state index is 0.101. The Morgan fingerprint density at radius 2 is 1.62 bits per heavy atom. The van der Waals surface area contributed by atoms with Crippen LogP contribution in [0.4, 0.5) is 5.69 Å². The number of carbonyl (C=O) groups excluding carboxylic acids is 1. The van der Waals surface area contributed by atoms with Crippen molar-refractivity contribution in [2.45, 2.75) is 64.7 Å². The lowest BCUT2D eigenvalue weighted by atomic mass is 10.1. The molecule has 0 bridgehead atoms. The molecule has 1 aromatic rings. The first-order valence-electron chi connectivity index (χ1n) is 7.88. The minimum Gasteiger partial charge on any atom is -0.325 e. The van der Waals surface area contributed by atoms with Gasteiger partial charge in [0, 0.05) is 15.4 Å². The first-order chi connectivity index (χ1) is 10.1. The minimum absolute atomic E-state index is 0.101. The molecule has 0 spiro atoms. The second-order valence-electron chi connectivity index (χ2n) is 5.40. The van der Waals surface area contributed by atoms with Crippen LogP contribution in [0.3, 0.4) is 0 Å². The maximum absolute atomic E-state index is 11.9. The summed E-state index contributed by atoms with van der Waals surface area (Å²) < 4.78 is 1.90. The number of nitrogens with one attached hydrogen (secondary N) is 1. The van der Waals surface area contributed by atoms with Crippen LogP contribution in [0.1, 0.15) is 64.7 Å². The zero-order valence-corrected chi connectivity index (χ0v) is 15.9. The molecule has 1 N–H and O–H groups in total. The SMILES string of the molecule is CCCCCCCCCCC(=O)Nc1ccc(Br)cc1Br. The molecule has 4 heteroatoms. The zero-order valence-electron chi connectivity index (χ0n) is 12.8. The predicted molar refractivity (Wildman–Crippen MR) is 97.7 cm³/mol. The van der Waals surface area contributed by atoms with Crippen molar-refractivity contribution in [1.29, 1.82) is 0 Å². The molecule has 118 valence electrons. The van der Waals surface area contributed by atoms with Crippen molar-refractivity contribution in [3.8, 4) is 0 Å². The molecule has 0 aliphatic heterocycles. The van der Waals surface area contributed by atoms with Crippen LogP contribution in [0.2, 0.25) is 0 Å². The lowest BCUT2D eigenvalue weighted by Crippen LogP contribution is -2.11. The Labute approximate surface area is 145 Å². The molecule has 0 unspecified atom stereocenters. The molecule has 0 aliphatic carbocycles. The molecule has 0 saturated heterocycles. The predicted octanol–water partition coefficient (Wildman–Crippen LogP) is 6.68. The van der Waals surface area contributed by atoms with Gasteiger partial charge >= 0.3 is 0 Å². The molecule has 0 aliphatic rings. The molecule has 0 radical (unpaired) electrons. The molecular formula is C17H25Br2NO. The van der Waals surface area contributed by atoms with Crippen LogP contribution < -0.4 is 5.32 Å². The maximum atomic E-state index is 11.9. The standard InChI is InChI=1S/C17H25Br2NO/c1-2-3-4-5-6-7-8-9-10-17(21)20-16-12-11-14(18)13-15(16)19/h11-13H,2-10H2,1H3,(H,20,21). The van der Waals surface area contributed by atoms with Gasteiger partial charge in [-0.25, -0.2) is 0 Å². The van der Waals surface area contributed by atoms with E-state index in [1.165, 1.54) is 38.5 Å². The van der Waals surface area contributed by atoms with Crippen LogP contribution in [0.15, 0.2) is 27.1 Å². The smallest absolute Gasteiger partial charge is 0.224 e. The zero-order chi connectivity index (χ0) is 15.5. The van der Waals surface area contributed by atoms with Crippen molar-refractivity contribution in [3.05, 3.63) is 27.1 Å². The van der Waals surface area contributed by atoms with E-state index in [0.29, 0.717) is 6.42 Å². The van der Waals surface area contributed by atoms with Gasteiger partial charge < -0.3 is 5.32 Å². The summed E-state index contributed by atoms with van der Waals surface area (Å²) in [5.41, 5.74) is 0.836. The van der Waals surface area contributed by atoms with Gasteiger partial charge in [-0.3, -0.25) is 4.79 Å². The van der Waals surface area contributed by atoms with Gasteiger partial charge in [-0.05, 0) is 40.5 Å². The van der Waals surface area contributed by atoms with Crippen LogP contribution in [0, 0.1) is 0 Å². The third-order valence-electron chi connectivity index (χ3n) is 3.46. The summed E-state index contributed by atoms with van der Waals surface area (Å²) in [7, 11) is 0. The lowest BCUT2D eigenvalue weighted by molar-refractivity contribution is -0.116. The molecule has 0 atom stereocenters. The third kappa shape index (κ3) is 8.62. The fourth-order valence-electron chi connectivity index (χ4n) is 2.22. The highest BCUT2D eigenvalue weighted by molar-refractivity contribution is 9.11. The number of unbranched alkanes of at least 4 members (excludes halogenated alkanes) is 7. The molecule has 0 fully saturated rings. The van der Waals surface area contributed by atoms with E-state index in [9.17, 15) is 4.79 Å². The summed E-state index contributed by atoms with van der Waals surface area (Å²) in [6, 6.07) is 5.77. The van der Waals surface area contributed by atoms with Crippen molar-refractivity contribution >= 4 is 43.5 Å². The molecule has 0 aromatic heterocycles. The highest BCUT2D eigenvalue weighted by atomic mass is 79.9. The number of rotatable bonds is 10. The van der Waals surface area contributed by atoms with Crippen LogP contribution in [0.25, 0.3) is 0 Å². The summed E-state index contributed by atoms with van der Waals surface area (Å²) in [6.07, 6.45) is 10.6. The van der Waals surface area contributed by atoms with Gasteiger partial charge in [0.15, 0.2) is 0 Å². The molecule has 21 heavy (non-hydrogen) atoms. The van der Waals surface area contributed by atoms with Gasteiger partial charge in [0.05, 0.1) is 5.69 Å². The molecule has 0 saturated carbocycles. The normalized spacial score (nSPS) is 10.6. The number of anilines is 1. The Bertz CT molecular complexity index is 435. The number of benzene rings is 1. The summed E-state index contributed by atoms with van der Waals surface area (Å²) in [4.78, 5) is 11.9. The topological polar surface area (TPSA) is 29.1 Å². The Morgan fingerprint density at radius 3 is 2.24 bits per heavy atom. The third-order valence-corrected chi connectivity index (χ3v) is 4.61. The quantitative estimate of drug-likeness (QED) is 0.421. The van der Waals surface area contributed by atoms with Crippen molar-refractivity contribution in [1.82, 2.24) is 0 Å². The highest BCUT2D eigenvalue weighted by Gasteiger charge is 2.05. The van der Waals surface area contributed by atoms with Gasteiger partial charge in [-0.2, -0.15) is 0 Å². The largest absolute Gasteiger partial charge is 0.325 e. The average Bonchev–Trinajstić information content (AvgIpc) is 2.45. The van der Waals surface area contributed by atoms with Gasteiger partial charge in [-0.15, -0.1) is 0 Å². The van der Waals surface area contributed by atoms with Crippen molar-refractivity contribution < 1.29 is 4.79 Å².